The van der Waals surface area contributed by atoms with Crippen LogP contribution in [0.5, 0.6) is 0 Å². The number of hydrogen-bond donors (Lipinski definition) is 0. The molecule has 0 radical (unpaired) electrons. The van der Waals surface area contributed by atoms with E-state index in [0.29, 0.717) is 0 Å². The van der Waals surface area contributed by atoms with Gasteiger partial charge in [-0.05, 0) is 48.5 Å². The fraction of sp³-hybridized carbons (Fsp3) is 0. The molecule has 0 spiro atoms. The maximum Gasteiger partial charge on any atom is 0.138 e. The van der Waals surface area contributed by atoms with E-state index < -0.39 is 0 Å². The highest BCUT2D eigenvalue weighted by molar-refractivity contribution is 6.23. The second-order valence-electron chi connectivity index (χ2n) is 10.3. The molecule has 5 aromatic carbocycles. The van der Waals surface area contributed by atoms with Crippen molar-refractivity contribution in [3.05, 3.63) is 133 Å². The van der Waals surface area contributed by atoms with Crippen molar-refractivity contribution in [2.24, 2.45) is 0 Å². The summed E-state index contributed by atoms with van der Waals surface area (Å²) in [5.74, 6) is 1.81. The van der Waals surface area contributed by atoms with Gasteiger partial charge in [0.25, 0.3) is 0 Å². The number of hydrogen-bond acceptors (Lipinski definition) is 2. The molecule has 0 fully saturated rings. The summed E-state index contributed by atoms with van der Waals surface area (Å²) >= 11 is 0. The second kappa shape index (κ2) is 8.01. The topological polar surface area (TPSA) is 35.6 Å². The Labute approximate surface area is 229 Å². The zero-order valence-corrected chi connectivity index (χ0v) is 21.5. The third-order valence-corrected chi connectivity index (χ3v) is 8.09. The van der Waals surface area contributed by atoms with Crippen LogP contribution in [0.4, 0.5) is 0 Å². The van der Waals surface area contributed by atoms with Gasteiger partial charge >= 0.3 is 0 Å². The van der Waals surface area contributed by atoms with Gasteiger partial charge in [-0.1, -0.05) is 84.9 Å². The van der Waals surface area contributed by atoms with Crippen LogP contribution in [0.2, 0.25) is 0 Å². The van der Waals surface area contributed by atoms with Gasteiger partial charge < -0.3 is 0 Å². The van der Waals surface area contributed by atoms with Gasteiger partial charge in [0, 0.05) is 32.3 Å². The van der Waals surface area contributed by atoms with Crippen molar-refractivity contribution in [3.8, 4) is 11.6 Å². The second-order valence-corrected chi connectivity index (χ2v) is 10.3. The molecule has 0 amide bonds. The molecule has 0 aliphatic rings. The zero-order chi connectivity index (χ0) is 26.2. The van der Waals surface area contributed by atoms with E-state index in [1.807, 2.05) is 12.1 Å². The Balaban J connectivity index is 1.51. The van der Waals surface area contributed by atoms with Gasteiger partial charge in [0.2, 0.25) is 0 Å². The lowest BCUT2D eigenvalue weighted by molar-refractivity contribution is 1.08. The van der Waals surface area contributed by atoms with Crippen LogP contribution < -0.4 is 0 Å². The lowest BCUT2D eigenvalue weighted by Crippen LogP contribution is -2.02. The molecular weight excluding hydrogens is 488 g/mol. The molecule has 0 unspecified atom stereocenters. The highest BCUT2D eigenvalue weighted by atomic mass is 15.1. The largest absolute Gasteiger partial charge is 0.292 e. The predicted octanol–water partition coefficient (Wildman–Crippen LogP) is 8.98. The quantitative estimate of drug-likeness (QED) is 0.233. The minimum absolute atomic E-state index is 0.903. The van der Waals surface area contributed by atoms with E-state index >= 15 is 0 Å². The van der Waals surface area contributed by atoms with Gasteiger partial charge in [-0.3, -0.25) is 9.13 Å². The van der Waals surface area contributed by atoms with Gasteiger partial charge in [0.05, 0.1) is 33.1 Å². The summed E-state index contributed by atoms with van der Waals surface area (Å²) in [7, 11) is 0. The molecule has 9 rings (SSSR count). The third-order valence-electron chi connectivity index (χ3n) is 8.09. The Morgan fingerprint density at radius 2 is 0.775 bits per heavy atom. The van der Waals surface area contributed by atoms with Crippen molar-refractivity contribution in [1.82, 2.24) is 19.1 Å². The van der Waals surface area contributed by atoms with Crippen molar-refractivity contribution in [2.75, 3.05) is 0 Å². The lowest BCUT2D eigenvalue weighted by atomic mass is 10.1. The molecule has 0 N–H and O–H groups in total. The molecule has 0 bridgehead atoms. The zero-order valence-electron chi connectivity index (χ0n) is 21.5. The molecule has 0 aliphatic carbocycles. The van der Waals surface area contributed by atoms with E-state index in [1.165, 1.54) is 21.5 Å². The molecule has 186 valence electrons. The Morgan fingerprint density at radius 3 is 1.27 bits per heavy atom. The first kappa shape index (κ1) is 21.5. The van der Waals surface area contributed by atoms with Crippen LogP contribution in [-0.2, 0) is 0 Å². The van der Waals surface area contributed by atoms with Crippen LogP contribution in [0.25, 0.3) is 77.1 Å². The number of para-hydroxylation sites is 4. The van der Waals surface area contributed by atoms with Crippen molar-refractivity contribution in [3.63, 3.8) is 0 Å². The number of aromatic nitrogens is 4. The number of rotatable bonds is 2. The molecule has 4 heteroatoms. The van der Waals surface area contributed by atoms with Crippen molar-refractivity contribution in [2.45, 2.75) is 0 Å². The maximum absolute atomic E-state index is 5.16. The average molecular weight is 511 g/mol. The summed E-state index contributed by atoms with van der Waals surface area (Å²) in [5, 5.41) is 7.07. The van der Waals surface area contributed by atoms with Gasteiger partial charge in [0.1, 0.15) is 11.6 Å². The van der Waals surface area contributed by atoms with Crippen LogP contribution in [0, 0.1) is 0 Å². The van der Waals surface area contributed by atoms with Gasteiger partial charge in [-0.2, -0.15) is 0 Å². The first-order valence-electron chi connectivity index (χ1n) is 13.5. The Bertz CT molecular complexity index is 2270. The van der Waals surface area contributed by atoms with Crippen LogP contribution >= 0.6 is 0 Å². The third kappa shape index (κ3) is 2.90. The minimum Gasteiger partial charge on any atom is -0.292 e. The molecule has 4 nitrogen and oxygen atoms in total. The molecule has 0 atom stereocenters. The first-order chi connectivity index (χ1) is 19.8. The van der Waals surface area contributed by atoms with E-state index in [2.05, 4.69) is 130 Å². The minimum atomic E-state index is 0.903. The van der Waals surface area contributed by atoms with Crippen molar-refractivity contribution >= 4 is 65.4 Å². The SMILES string of the molecule is c1ccc2nc(-n3c4ccccc4c4ccc5c6ccccc6n(-c6ccc7ccccc7n6)c5c43)ccc2c1. The lowest BCUT2D eigenvalue weighted by Gasteiger charge is -2.12. The fourth-order valence-electron chi connectivity index (χ4n) is 6.34. The first-order valence-corrected chi connectivity index (χ1v) is 13.5. The maximum atomic E-state index is 5.16. The van der Waals surface area contributed by atoms with E-state index in [-0.39, 0.29) is 0 Å². The monoisotopic (exact) mass is 510 g/mol. The summed E-state index contributed by atoms with van der Waals surface area (Å²) in [6.07, 6.45) is 0. The molecule has 4 heterocycles. The molecule has 9 aromatic rings. The Kier molecular flexibility index (Phi) is 4.30. The normalized spacial score (nSPS) is 12.0. The smallest absolute Gasteiger partial charge is 0.138 e. The van der Waals surface area contributed by atoms with E-state index in [0.717, 1.165) is 55.5 Å². The number of pyridine rings is 2. The molecule has 0 saturated heterocycles. The van der Waals surface area contributed by atoms with Crippen molar-refractivity contribution in [1.29, 1.82) is 0 Å². The Morgan fingerprint density at radius 1 is 0.350 bits per heavy atom. The molecule has 0 saturated carbocycles. The molecule has 4 aromatic heterocycles. The number of nitrogens with zero attached hydrogens (tertiary/aromatic N) is 4. The average Bonchev–Trinajstić information content (AvgIpc) is 3.54. The van der Waals surface area contributed by atoms with Crippen LogP contribution in [-0.4, -0.2) is 19.1 Å². The van der Waals surface area contributed by atoms with Gasteiger partial charge in [-0.25, -0.2) is 9.97 Å². The highest BCUT2D eigenvalue weighted by Crippen LogP contribution is 2.41. The molecule has 0 aliphatic heterocycles. The van der Waals surface area contributed by atoms with Crippen molar-refractivity contribution < 1.29 is 0 Å². The number of benzene rings is 5. The van der Waals surface area contributed by atoms with Crippen LogP contribution in [0.1, 0.15) is 0 Å². The predicted molar refractivity (Wildman–Crippen MR) is 166 cm³/mol. The van der Waals surface area contributed by atoms with E-state index in [4.69, 9.17) is 9.97 Å². The highest BCUT2D eigenvalue weighted by Gasteiger charge is 2.22. The van der Waals surface area contributed by atoms with Crippen LogP contribution in [0.15, 0.2) is 133 Å². The summed E-state index contributed by atoms with van der Waals surface area (Å²) in [4.78, 5) is 10.3. The molecule has 40 heavy (non-hydrogen) atoms. The number of fused-ring (bicyclic) bond motifs is 9. The van der Waals surface area contributed by atoms with Crippen LogP contribution in [0.3, 0.4) is 0 Å². The Hall–Kier alpha value is -5.48. The summed E-state index contributed by atoms with van der Waals surface area (Å²) in [5.41, 5.74) is 6.50. The summed E-state index contributed by atoms with van der Waals surface area (Å²) in [6, 6.07) is 47.0. The van der Waals surface area contributed by atoms with Gasteiger partial charge in [-0.15, -0.1) is 0 Å². The van der Waals surface area contributed by atoms with E-state index in [1.54, 1.807) is 0 Å². The standard InChI is InChI=1S/C36H22N4/c1-5-13-29-23(9-1)17-21-33(37-29)39-31-15-7-3-11-25(31)27-19-20-28-26-12-4-8-16-32(26)40(36(28)35(27)39)34-22-18-24-10-2-6-14-30(24)38-34/h1-22H. The van der Waals surface area contributed by atoms with Gasteiger partial charge in [0.15, 0.2) is 0 Å². The molecular formula is C36H22N4. The van der Waals surface area contributed by atoms with E-state index in [9.17, 15) is 0 Å². The fourth-order valence-corrected chi connectivity index (χ4v) is 6.34. The summed E-state index contributed by atoms with van der Waals surface area (Å²) < 4.78 is 4.66. The summed E-state index contributed by atoms with van der Waals surface area (Å²) in [6.45, 7) is 0.